The second kappa shape index (κ2) is 3.39. The van der Waals surface area contributed by atoms with Gasteiger partial charge in [-0.25, -0.2) is 0 Å². The van der Waals surface area contributed by atoms with Gasteiger partial charge in [-0.2, -0.15) is 0 Å². The molecule has 0 aliphatic heterocycles. The molecular formula is C2N2O2S2. The van der Waals surface area contributed by atoms with E-state index in [4.69, 9.17) is 0 Å². The van der Waals surface area contributed by atoms with Gasteiger partial charge in [-0.05, 0) is 0 Å². The Morgan fingerprint density at radius 1 is 1.00 bits per heavy atom. The third kappa shape index (κ3) is 1.90. The number of hydrogen-bond donors (Lipinski definition) is 0. The molecule has 0 fully saturated rings. The molecule has 2 amide bonds. The molecule has 0 aromatic rings. The van der Waals surface area contributed by atoms with E-state index in [2.05, 4.69) is 33.6 Å². The number of nitrogens with zero attached hydrogens (tertiary/aromatic N) is 2. The lowest BCUT2D eigenvalue weighted by molar-refractivity contribution is -0.134. The third-order valence-corrected chi connectivity index (χ3v) is 0.680. The molecule has 42 valence electrons. The highest BCUT2D eigenvalue weighted by Crippen LogP contribution is 1.76. The summed E-state index contributed by atoms with van der Waals surface area (Å²) in [7, 11) is 0. The number of carbonyl (C=O) groups excluding carboxylic acids is 2. The van der Waals surface area contributed by atoms with Crippen LogP contribution in [-0.2, 0) is 34.4 Å². The van der Waals surface area contributed by atoms with Gasteiger partial charge in [0.05, 0.1) is 0 Å². The van der Waals surface area contributed by atoms with E-state index in [1.165, 1.54) is 0 Å². The fourth-order valence-corrected chi connectivity index (χ4v) is 0.234. The van der Waals surface area contributed by atoms with Gasteiger partial charge < -0.3 is 0 Å². The zero-order valence-corrected chi connectivity index (χ0v) is 5.16. The summed E-state index contributed by atoms with van der Waals surface area (Å²) in [4.78, 5) is 19.9. The van der Waals surface area contributed by atoms with Crippen LogP contribution in [0.2, 0.25) is 0 Å². The molecule has 4 nitrogen and oxygen atoms in total. The monoisotopic (exact) mass is 148 g/mol. The molecular weight excluding hydrogens is 148 g/mol. The maximum Gasteiger partial charge on any atom is 0.349 e. The van der Waals surface area contributed by atoms with Crippen molar-refractivity contribution < 1.29 is 9.59 Å². The Morgan fingerprint density at radius 3 is 1.38 bits per heavy atom. The van der Waals surface area contributed by atoms with Crippen LogP contribution in [-0.4, -0.2) is 11.8 Å². The van der Waals surface area contributed by atoms with Gasteiger partial charge in [0.15, 0.2) is 0 Å². The first kappa shape index (κ1) is 7.38. The van der Waals surface area contributed by atoms with Gasteiger partial charge in [0, 0.05) is 24.9 Å². The van der Waals surface area contributed by atoms with Crippen molar-refractivity contribution in [2.24, 2.45) is 8.73 Å². The van der Waals surface area contributed by atoms with Gasteiger partial charge in [0.1, 0.15) is 0 Å². The van der Waals surface area contributed by atoms with E-state index in [1.807, 2.05) is 0 Å². The summed E-state index contributed by atoms with van der Waals surface area (Å²) in [5.41, 5.74) is 0. The van der Waals surface area contributed by atoms with Crippen LogP contribution in [0.25, 0.3) is 0 Å². The lowest BCUT2D eigenvalue weighted by Gasteiger charge is -1.74. The van der Waals surface area contributed by atoms with Crippen molar-refractivity contribution in [1.82, 2.24) is 0 Å². The van der Waals surface area contributed by atoms with E-state index in [0.29, 0.717) is 0 Å². The molecule has 6 heteroatoms. The van der Waals surface area contributed by atoms with Crippen molar-refractivity contribution in [2.75, 3.05) is 0 Å². The van der Waals surface area contributed by atoms with Gasteiger partial charge in [-0.3, -0.25) is 9.59 Å². The van der Waals surface area contributed by atoms with Crippen molar-refractivity contribution in [3.63, 3.8) is 0 Å². The smallest absolute Gasteiger partial charge is 0.260 e. The Hall–Kier alpha value is -0.620. The van der Waals surface area contributed by atoms with Gasteiger partial charge in [0.2, 0.25) is 0 Å². The van der Waals surface area contributed by atoms with Crippen LogP contribution >= 0.6 is 0 Å². The molecule has 0 unspecified atom stereocenters. The van der Waals surface area contributed by atoms with Crippen molar-refractivity contribution in [1.29, 1.82) is 0 Å². The lowest BCUT2D eigenvalue weighted by atomic mass is 10.6. The van der Waals surface area contributed by atoms with E-state index in [0.717, 1.165) is 0 Å². The standard InChI is InChI=1S/C2N2O2S2/c5-1(3-7)2(6)4-8. The second-order valence-corrected chi connectivity index (χ2v) is 1.16. The molecule has 0 rings (SSSR count). The van der Waals surface area contributed by atoms with Gasteiger partial charge in [-0.1, -0.05) is 0 Å². The van der Waals surface area contributed by atoms with Crippen molar-refractivity contribution in [3.8, 4) is 0 Å². The van der Waals surface area contributed by atoms with Gasteiger partial charge in [-0.15, -0.1) is 8.73 Å². The molecule has 0 heterocycles. The number of hydrogen-bond acceptors (Lipinski definition) is 4. The fraction of sp³-hybridized carbons (Fsp3) is 0. The Balaban J connectivity index is 4.02. The highest BCUT2D eigenvalue weighted by molar-refractivity contribution is 7.48. The van der Waals surface area contributed by atoms with Gasteiger partial charge in [0.25, 0.3) is 0 Å². The number of amides is 2. The zero-order chi connectivity index (χ0) is 6.57. The Morgan fingerprint density at radius 2 is 1.25 bits per heavy atom. The van der Waals surface area contributed by atoms with Crippen LogP contribution in [0.5, 0.6) is 0 Å². The summed E-state index contributed by atoms with van der Waals surface area (Å²) < 4.78 is 5.19. The predicted octanol–water partition coefficient (Wildman–Crippen LogP) is -0.499. The van der Waals surface area contributed by atoms with Crippen LogP contribution in [0.4, 0.5) is 0 Å². The minimum absolute atomic E-state index is 1.09. The molecule has 0 aliphatic carbocycles. The molecule has 0 saturated heterocycles. The quantitative estimate of drug-likeness (QED) is 0.434. The number of rotatable bonds is 0. The van der Waals surface area contributed by atoms with Crippen LogP contribution < -0.4 is 0 Å². The first-order valence-corrected chi connectivity index (χ1v) is 2.20. The highest BCUT2D eigenvalue weighted by atomic mass is 32.1. The van der Waals surface area contributed by atoms with Crippen LogP contribution in [0, 0.1) is 0 Å². The predicted molar refractivity (Wildman–Crippen MR) is 29.6 cm³/mol. The normalized spacial score (nSPS) is 7.50. The molecule has 0 atom stereocenters. The molecule has 0 aromatic carbocycles. The van der Waals surface area contributed by atoms with Crippen molar-refractivity contribution in [3.05, 3.63) is 0 Å². The molecule has 0 radical (unpaired) electrons. The fourth-order valence-electron chi connectivity index (χ4n) is 0.0781. The largest absolute Gasteiger partial charge is 0.349 e. The summed E-state index contributed by atoms with van der Waals surface area (Å²) >= 11 is 7.73. The average molecular weight is 148 g/mol. The molecule has 0 saturated carbocycles. The molecule has 0 bridgehead atoms. The van der Waals surface area contributed by atoms with E-state index in [9.17, 15) is 9.59 Å². The Bertz CT molecular complexity index is 136. The maximum absolute atomic E-state index is 9.96. The van der Waals surface area contributed by atoms with E-state index in [1.54, 1.807) is 0 Å². The highest BCUT2D eigenvalue weighted by Gasteiger charge is 2.08. The summed E-state index contributed by atoms with van der Waals surface area (Å²) in [5, 5.41) is 0. The Labute approximate surface area is 55.6 Å². The lowest BCUT2D eigenvalue weighted by Crippen LogP contribution is -2.05. The maximum atomic E-state index is 9.96. The van der Waals surface area contributed by atoms with E-state index in [-0.39, 0.29) is 0 Å². The number of carbonyl (C=O) groups is 2. The van der Waals surface area contributed by atoms with E-state index < -0.39 is 11.8 Å². The average Bonchev–Trinajstić information content (AvgIpc) is 1.84. The third-order valence-electron chi connectivity index (χ3n) is 0.349. The van der Waals surface area contributed by atoms with Crippen molar-refractivity contribution >= 4 is 36.7 Å². The molecule has 0 spiro atoms. The minimum atomic E-state index is -1.09. The summed E-state index contributed by atoms with van der Waals surface area (Å²) in [5.74, 6) is -2.18. The topological polar surface area (TPSA) is 58.9 Å². The molecule has 8 heavy (non-hydrogen) atoms. The Kier molecular flexibility index (Phi) is 3.13. The van der Waals surface area contributed by atoms with Gasteiger partial charge >= 0.3 is 11.8 Å². The van der Waals surface area contributed by atoms with Crippen molar-refractivity contribution in [2.45, 2.75) is 0 Å². The molecule has 0 aliphatic rings. The second-order valence-electron chi connectivity index (χ2n) is 0.793. The van der Waals surface area contributed by atoms with Crippen LogP contribution in [0.3, 0.4) is 0 Å². The van der Waals surface area contributed by atoms with E-state index >= 15 is 0 Å². The SMILES string of the molecule is O=C(N=S)C(=O)N=S. The molecule has 0 N–H and O–H groups in total. The van der Waals surface area contributed by atoms with Crippen LogP contribution in [0.1, 0.15) is 0 Å². The summed E-state index contributed by atoms with van der Waals surface area (Å²) in [6, 6.07) is 0. The first-order valence-electron chi connectivity index (χ1n) is 1.47. The first-order chi connectivity index (χ1) is 3.72. The summed E-state index contributed by atoms with van der Waals surface area (Å²) in [6.07, 6.45) is 0. The zero-order valence-electron chi connectivity index (χ0n) is 3.53. The molecule has 0 aromatic heterocycles. The summed E-state index contributed by atoms with van der Waals surface area (Å²) in [6.45, 7) is 0. The van der Waals surface area contributed by atoms with Crippen LogP contribution in [0.15, 0.2) is 8.73 Å². The minimum Gasteiger partial charge on any atom is -0.260 e.